The molecule has 0 aromatic rings. The minimum absolute atomic E-state index is 0.222. The van der Waals surface area contributed by atoms with Crippen LogP contribution in [0.1, 0.15) is 27.2 Å². The van der Waals surface area contributed by atoms with E-state index in [1.165, 1.54) is 0 Å². The summed E-state index contributed by atoms with van der Waals surface area (Å²) in [6, 6.07) is 0.132. The molecule has 0 fully saturated rings. The highest BCUT2D eigenvalue weighted by molar-refractivity contribution is 5.79. The summed E-state index contributed by atoms with van der Waals surface area (Å²) in [6.07, 6.45) is 1.00. The van der Waals surface area contributed by atoms with E-state index < -0.39 is 0 Å². The Kier molecular flexibility index (Phi) is 6.49. The summed E-state index contributed by atoms with van der Waals surface area (Å²) < 4.78 is 5.00. The predicted molar refractivity (Wildman–Crippen MR) is 57.0 cm³/mol. The van der Waals surface area contributed by atoms with Crippen LogP contribution in [0.5, 0.6) is 0 Å². The summed E-state index contributed by atoms with van der Waals surface area (Å²) in [4.78, 5) is 13.1. The van der Waals surface area contributed by atoms with Crippen molar-refractivity contribution >= 4 is 5.91 Å². The first kappa shape index (κ1) is 13.4. The Labute approximate surface area is 86.4 Å². The summed E-state index contributed by atoms with van der Waals surface area (Å²) in [5.74, 6) is -0.276. The van der Waals surface area contributed by atoms with Crippen molar-refractivity contribution in [2.45, 2.75) is 39.3 Å². The van der Waals surface area contributed by atoms with Gasteiger partial charge >= 0.3 is 0 Å². The van der Waals surface area contributed by atoms with Crippen molar-refractivity contribution < 1.29 is 9.53 Å². The van der Waals surface area contributed by atoms with Gasteiger partial charge in [0.05, 0.1) is 12.6 Å². The van der Waals surface area contributed by atoms with E-state index in [1.54, 1.807) is 7.11 Å². The van der Waals surface area contributed by atoms with E-state index in [0.29, 0.717) is 12.6 Å². The fourth-order valence-electron chi connectivity index (χ4n) is 1.39. The van der Waals surface area contributed by atoms with Crippen molar-refractivity contribution in [2.24, 2.45) is 5.73 Å². The molecule has 84 valence electrons. The van der Waals surface area contributed by atoms with E-state index in [1.807, 2.05) is 6.92 Å². The van der Waals surface area contributed by atoms with Gasteiger partial charge in [0.1, 0.15) is 0 Å². The third-order valence-electron chi connectivity index (χ3n) is 2.62. The zero-order chi connectivity index (χ0) is 11.1. The number of primary amides is 1. The molecule has 0 heterocycles. The SMILES string of the molecule is CCC(C)N(CCOC)C(C)C(N)=O. The van der Waals surface area contributed by atoms with Crippen molar-refractivity contribution in [3.05, 3.63) is 0 Å². The average molecular weight is 202 g/mol. The lowest BCUT2D eigenvalue weighted by molar-refractivity contribution is -0.123. The smallest absolute Gasteiger partial charge is 0.234 e. The van der Waals surface area contributed by atoms with Crippen LogP contribution in [-0.4, -0.2) is 43.2 Å². The molecule has 1 amide bonds. The molecule has 14 heavy (non-hydrogen) atoms. The number of nitrogens with zero attached hydrogens (tertiary/aromatic N) is 1. The van der Waals surface area contributed by atoms with Crippen LogP contribution in [0.25, 0.3) is 0 Å². The van der Waals surface area contributed by atoms with Gasteiger partial charge in [0, 0.05) is 19.7 Å². The van der Waals surface area contributed by atoms with Gasteiger partial charge in [0.15, 0.2) is 0 Å². The van der Waals surface area contributed by atoms with Crippen molar-refractivity contribution in [2.75, 3.05) is 20.3 Å². The molecule has 4 heteroatoms. The molecule has 2 atom stereocenters. The highest BCUT2D eigenvalue weighted by Crippen LogP contribution is 2.08. The highest BCUT2D eigenvalue weighted by atomic mass is 16.5. The maximum Gasteiger partial charge on any atom is 0.234 e. The number of ether oxygens (including phenoxy) is 1. The highest BCUT2D eigenvalue weighted by Gasteiger charge is 2.22. The van der Waals surface area contributed by atoms with E-state index in [9.17, 15) is 4.79 Å². The number of carbonyl (C=O) groups is 1. The van der Waals surface area contributed by atoms with Gasteiger partial charge in [-0.3, -0.25) is 9.69 Å². The Morgan fingerprint density at radius 2 is 2.07 bits per heavy atom. The number of rotatable bonds is 7. The van der Waals surface area contributed by atoms with Gasteiger partial charge in [-0.1, -0.05) is 6.92 Å². The molecule has 0 aliphatic rings. The Morgan fingerprint density at radius 1 is 1.50 bits per heavy atom. The molecule has 0 saturated carbocycles. The first-order valence-electron chi connectivity index (χ1n) is 5.08. The van der Waals surface area contributed by atoms with E-state index in [0.717, 1.165) is 13.0 Å². The van der Waals surface area contributed by atoms with E-state index >= 15 is 0 Å². The zero-order valence-electron chi connectivity index (χ0n) is 9.62. The van der Waals surface area contributed by atoms with Crippen LogP contribution >= 0.6 is 0 Å². The first-order chi connectivity index (χ1) is 6.54. The Balaban J connectivity index is 4.29. The number of methoxy groups -OCH3 is 1. The van der Waals surface area contributed by atoms with Crippen molar-refractivity contribution in [1.29, 1.82) is 0 Å². The first-order valence-corrected chi connectivity index (χ1v) is 5.08. The van der Waals surface area contributed by atoms with Gasteiger partial charge in [-0.05, 0) is 20.3 Å². The molecule has 2 unspecified atom stereocenters. The molecule has 0 rings (SSSR count). The molecule has 0 radical (unpaired) electrons. The summed E-state index contributed by atoms with van der Waals surface area (Å²) in [7, 11) is 1.66. The topological polar surface area (TPSA) is 55.6 Å². The van der Waals surface area contributed by atoms with E-state index in [4.69, 9.17) is 10.5 Å². The van der Waals surface area contributed by atoms with Crippen LogP contribution in [0.4, 0.5) is 0 Å². The summed E-state index contributed by atoms with van der Waals surface area (Å²) in [5.41, 5.74) is 5.28. The van der Waals surface area contributed by atoms with E-state index in [-0.39, 0.29) is 11.9 Å². The monoisotopic (exact) mass is 202 g/mol. The van der Waals surface area contributed by atoms with Gasteiger partial charge in [-0.25, -0.2) is 0 Å². The fourth-order valence-corrected chi connectivity index (χ4v) is 1.39. The van der Waals surface area contributed by atoms with E-state index in [2.05, 4.69) is 18.7 Å². The molecule has 0 aliphatic carbocycles. The van der Waals surface area contributed by atoms with Crippen LogP contribution in [0, 0.1) is 0 Å². The molecular formula is C10H22N2O2. The fraction of sp³-hybridized carbons (Fsp3) is 0.900. The van der Waals surface area contributed by atoms with Crippen LogP contribution in [0.15, 0.2) is 0 Å². The molecule has 0 spiro atoms. The maximum atomic E-state index is 11.1. The molecule has 2 N–H and O–H groups in total. The van der Waals surface area contributed by atoms with Crippen molar-refractivity contribution in [3.8, 4) is 0 Å². The average Bonchev–Trinajstić information content (AvgIpc) is 2.17. The number of hydrogen-bond acceptors (Lipinski definition) is 3. The van der Waals surface area contributed by atoms with Gasteiger partial charge < -0.3 is 10.5 Å². The molecule has 0 aromatic heterocycles. The minimum Gasteiger partial charge on any atom is -0.383 e. The molecule has 0 aliphatic heterocycles. The number of nitrogens with two attached hydrogens (primary N) is 1. The lowest BCUT2D eigenvalue weighted by atomic mass is 10.1. The number of carbonyl (C=O) groups excluding carboxylic acids is 1. The van der Waals surface area contributed by atoms with Crippen molar-refractivity contribution in [1.82, 2.24) is 4.90 Å². The Bertz CT molecular complexity index is 174. The van der Waals surface area contributed by atoms with Crippen molar-refractivity contribution in [3.63, 3.8) is 0 Å². The second-order valence-corrected chi connectivity index (χ2v) is 3.57. The number of amides is 1. The summed E-state index contributed by atoms with van der Waals surface area (Å²) in [6.45, 7) is 7.40. The molecule has 4 nitrogen and oxygen atoms in total. The Hall–Kier alpha value is -0.610. The summed E-state index contributed by atoms with van der Waals surface area (Å²) in [5, 5.41) is 0. The summed E-state index contributed by atoms with van der Waals surface area (Å²) >= 11 is 0. The quantitative estimate of drug-likeness (QED) is 0.658. The molecule has 0 aromatic carbocycles. The normalized spacial score (nSPS) is 15.5. The van der Waals surface area contributed by atoms with Crippen LogP contribution < -0.4 is 5.73 Å². The number of hydrogen-bond donors (Lipinski definition) is 1. The molecule has 0 bridgehead atoms. The third-order valence-corrected chi connectivity index (χ3v) is 2.62. The van der Waals surface area contributed by atoms with Gasteiger partial charge in [-0.2, -0.15) is 0 Å². The minimum atomic E-state index is -0.276. The predicted octanol–water partition coefficient (Wildman–Crippen LogP) is 0.607. The van der Waals surface area contributed by atoms with Gasteiger partial charge in [-0.15, -0.1) is 0 Å². The second-order valence-electron chi connectivity index (χ2n) is 3.57. The van der Waals surface area contributed by atoms with Gasteiger partial charge in [0.2, 0.25) is 5.91 Å². The maximum absolute atomic E-state index is 11.1. The lowest BCUT2D eigenvalue weighted by Crippen LogP contribution is -2.48. The lowest BCUT2D eigenvalue weighted by Gasteiger charge is -2.32. The molecular weight excluding hydrogens is 180 g/mol. The van der Waals surface area contributed by atoms with Crippen LogP contribution in [0.2, 0.25) is 0 Å². The molecule has 0 saturated heterocycles. The zero-order valence-corrected chi connectivity index (χ0v) is 9.62. The third kappa shape index (κ3) is 4.07. The Morgan fingerprint density at radius 3 is 2.43 bits per heavy atom. The van der Waals surface area contributed by atoms with Crippen LogP contribution in [0.3, 0.4) is 0 Å². The van der Waals surface area contributed by atoms with Crippen LogP contribution in [-0.2, 0) is 9.53 Å². The van der Waals surface area contributed by atoms with Gasteiger partial charge in [0.25, 0.3) is 0 Å². The largest absolute Gasteiger partial charge is 0.383 e. The second kappa shape index (κ2) is 6.79. The standard InChI is InChI=1S/C10H22N2O2/c1-5-8(2)12(6-7-14-4)9(3)10(11)13/h8-9H,5-7H2,1-4H3,(H2,11,13).